The zero-order valence-corrected chi connectivity index (χ0v) is 11.5. The zero-order valence-electron chi connectivity index (χ0n) is 11.5. The van der Waals surface area contributed by atoms with Gasteiger partial charge in [0.15, 0.2) is 0 Å². The Labute approximate surface area is 118 Å². The van der Waals surface area contributed by atoms with E-state index in [-0.39, 0.29) is 23.7 Å². The molecule has 0 spiro atoms. The van der Waals surface area contributed by atoms with Crippen LogP contribution in [0, 0.1) is 29.6 Å². The minimum atomic E-state index is -0.831. The highest BCUT2D eigenvalue weighted by molar-refractivity contribution is 5.86. The van der Waals surface area contributed by atoms with Crippen LogP contribution in [0.2, 0.25) is 0 Å². The highest BCUT2D eigenvalue weighted by Gasteiger charge is 2.51. The molecule has 5 unspecified atom stereocenters. The third-order valence-electron chi connectivity index (χ3n) is 4.99. The molecule has 0 radical (unpaired) electrons. The van der Waals surface area contributed by atoms with E-state index in [1.165, 1.54) is 0 Å². The van der Waals surface area contributed by atoms with Gasteiger partial charge in [-0.25, -0.2) is 0 Å². The van der Waals surface area contributed by atoms with Gasteiger partial charge in [0.25, 0.3) is 0 Å². The van der Waals surface area contributed by atoms with Crippen molar-refractivity contribution in [1.82, 2.24) is 5.32 Å². The van der Waals surface area contributed by atoms with Crippen LogP contribution in [0.3, 0.4) is 0 Å². The number of carbonyl (C=O) groups excluding carboxylic acids is 1. The average Bonchev–Trinajstić information content (AvgIpc) is 3.06. The van der Waals surface area contributed by atoms with Crippen molar-refractivity contribution in [2.75, 3.05) is 6.54 Å². The second-order valence-corrected chi connectivity index (χ2v) is 6.23. The molecule has 5 atom stereocenters. The Hall–Kier alpha value is -1.58. The number of allylic oxidation sites excluding steroid dienone is 4. The van der Waals surface area contributed by atoms with Crippen LogP contribution in [-0.4, -0.2) is 23.5 Å². The predicted octanol–water partition coefficient (Wildman–Crippen LogP) is 1.98. The Bertz CT molecular complexity index is 468. The highest BCUT2D eigenvalue weighted by atomic mass is 16.4. The number of aliphatic carboxylic acids is 1. The van der Waals surface area contributed by atoms with Crippen LogP contribution in [0.5, 0.6) is 0 Å². The van der Waals surface area contributed by atoms with Gasteiger partial charge in [0.05, 0.1) is 11.8 Å². The molecule has 0 saturated heterocycles. The summed E-state index contributed by atoms with van der Waals surface area (Å²) in [6.07, 6.45) is 12.4. The summed E-state index contributed by atoms with van der Waals surface area (Å²) in [6.45, 7) is 0.674. The number of hydrogen-bond acceptors (Lipinski definition) is 2. The Morgan fingerprint density at radius 1 is 1.15 bits per heavy atom. The molecule has 2 N–H and O–H groups in total. The Morgan fingerprint density at radius 2 is 1.90 bits per heavy atom. The topological polar surface area (TPSA) is 66.4 Å². The maximum absolute atomic E-state index is 12.4. The lowest BCUT2D eigenvalue weighted by Crippen LogP contribution is -2.41. The molecule has 4 nitrogen and oxygen atoms in total. The van der Waals surface area contributed by atoms with Gasteiger partial charge in [-0.1, -0.05) is 24.3 Å². The quantitative estimate of drug-likeness (QED) is 0.771. The smallest absolute Gasteiger partial charge is 0.307 e. The van der Waals surface area contributed by atoms with E-state index in [9.17, 15) is 14.7 Å². The minimum Gasteiger partial charge on any atom is -0.481 e. The van der Waals surface area contributed by atoms with E-state index in [1.54, 1.807) is 0 Å². The van der Waals surface area contributed by atoms with E-state index >= 15 is 0 Å². The van der Waals surface area contributed by atoms with Crippen LogP contribution < -0.4 is 5.32 Å². The van der Waals surface area contributed by atoms with Gasteiger partial charge in [-0.3, -0.25) is 9.59 Å². The van der Waals surface area contributed by atoms with E-state index in [0.29, 0.717) is 12.5 Å². The van der Waals surface area contributed by atoms with Crippen molar-refractivity contribution < 1.29 is 14.7 Å². The molecular weight excluding hydrogens is 254 g/mol. The third kappa shape index (κ3) is 2.39. The fraction of sp³-hybridized carbons (Fsp3) is 0.625. The molecule has 3 aliphatic rings. The van der Waals surface area contributed by atoms with Crippen molar-refractivity contribution in [2.24, 2.45) is 29.6 Å². The largest absolute Gasteiger partial charge is 0.481 e. The molecule has 3 rings (SSSR count). The summed E-state index contributed by atoms with van der Waals surface area (Å²) < 4.78 is 0. The predicted molar refractivity (Wildman–Crippen MR) is 74.8 cm³/mol. The summed E-state index contributed by atoms with van der Waals surface area (Å²) in [7, 11) is 0. The number of nitrogens with one attached hydrogen (secondary N) is 1. The Kier molecular flexibility index (Phi) is 3.64. The molecule has 0 heterocycles. The summed E-state index contributed by atoms with van der Waals surface area (Å²) in [5, 5.41) is 12.3. The maximum atomic E-state index is 12.4. The summed E-state index contributed by atoms with van der Waals surface area (Å²) in [4.78, 5) is 23.8. The van der Waals surface area contributed by atoms with Gasteiger partial charge in [-0.2, -0.15) is 0 Å². The molecule has 0 aromatic carbocycles. The molecule has 1 amide bonds. The third-order valence-corrected chi connectivity index (χ3v) is 4.99. The van der Waals surface area contributed by atoms with Gasteiger partial charge >= 0.3 is 5.97 Å². The number of carbonyl (C=O) groups is 2. The lowest BCUT2D eigenvalue weighted by atomic mass is 9.82. The normalized spacial score (nSPS) is 38.1. The number of carboxylic acids is 1. The van der Waals surface area contributed by atoms with Crippen LogP contribution in [0.15, 0.2) is 24.3 Å². The number of rotatable bonds is 4. The fourth-order valence-electron chi connectivity index (χ4n) is 3.92. The van der Waals surface area contributed by atoms with Crippen LogP contribution in [-0.2, 0) is 9.59 Å². The van der Waals surface area contributed by atoms with Gasteiger partial charge in [0.1, 0.15) is 0 Å². The van der Waals surface area contributed by atoms with Crippen molar-refractivity contribution in [1.29, 1.82) is 0 Å². The van der Waals surface area contributed by atoms with Crippen LogP contribution in [0.4, 0.5) is 0 Å². The van der Waals surface area contributed by atoms with Crippen molar-refractivity contribution in [2.45, 2.75) is 25.7 Å². The van der Waals surface area contributed by atoms with Crippen molar-refractivity contribution in [3.05, 3.63) is 24.3 Å². The van der Waals surface area contributed by atoms with Crippen LogP contribution in [0.1, 0.15) is 25.7 Å². The fourth-order valence-corrected chi connectivity index (χ4v) is 3.92. The summed E-state index contributed by atoms with van der Waals surface area (Å²) >= 11 is 0. The van der Waals surface area contributed by atoms with Gasteiger partial charge in [-0.05, 0) is 43.4 Å². The minimum absolute atomic E-state index is 0.0471. The second kappa shape index (κ2) is 5.43. The summed E-state index contributed by atoms with van der Waals surface area (Å²) in [5.41, 5.74) is 0. The van der Waals surface area contributed by atoms with E-state index in [4.69, 9.17) is 0 Å². The molecule has 1 fully saturated rings. The maximum Gasteiger partial charge on any atom is 0.307 e. The number of amides is 1. The molecule has 0 aliphatic heterocycles. The van der Waals surface area contributed by atoms with Crippen LogP contribution in [0.25, 0.3) is 0 Å². The van der Waals surface area contributed by atoms with Crippen molar-refractivity contribution >= 4 is 11.9 Å². The van der Waals surface area contributed by atoms with Gasteiger partial charge in [-0.15, -0.1) is 0 Å². The first-order chi connectivity index (χ1) is 9.66. The van der Waals surface area contributed by atoms with Gasteiger partial charge in [0, 0.05) is 6.54 Å². The van der Waals surface area contributed by atoms with E-state index in [0.717, 1.165) is 25.7 Å². The van der Waals surface area contributed by atoms with Crippen molar-refractivity contribution in [3.63, 3.8) is 0 Å². The molecule has 4 heteroatoms. The average molecular weight is 275 g/mol. The zero-order chi connectivity index (χ0) is 14.1. The molecular formula is C16H21NO3. The standard InChI is InChI=1S/C16H21NO3/c18-15(17-9-10-4-2-1-3-5-10)13-11-6-7-12(8-11)14(13)16(19)20/h1-2,6-7,10-14H,3-5,8-9H2,(H,17,18)(H,19,20). The molecule has 0 aromatic rings. The SMILES string of the molecule is O=C(O)C1C2C=CC(C2)C1C(=O)NCC1CC=CCC1. The second-order valence-electron chi connectivity index (χ2n) is 6.23. The molecule has 2 bridgehead atoms. The first-order valence-electron chi connectivity index (χ1n) is 7.50. The molecule has 1 saturated carbocycles. The first kappa shape index (κ1) is 13.4. The summed E-state index contributed by atoms with van der Waals surface area (Å²) in [6, 6.07) is 0. The molecule has 20 heavy (non-hydrogen) atoms. The lowest BCUT2D eigenvalue weighted by molar-refractivity contribution is -0.147. The molecule has 3 aliphatic carbocycles. The van der Waals surface area contributed by atoms with Gasteiger partial charge in [0.2, 0.25) is 5.91 Å². The number of fused-ring (bicyclic) bond motifs is 2. The van der Waals surface area contributed by atoms with E-state index in [1.807, 2.05) is 12.2 Å². The first-order valence-corrected chi connectivity index (χ1v) is 7.50. The lowest BCUT2D eigenvalue weighted by Gasteiger charge is -2.25. The Morgan fingerprint density at radius 3 is 2.55 bits per heavy atom. The monoisotopic (exact) mass is 275 g/mol. The van der Waals surface area contributed by atoms with E-state index < -0.39 is 11.9 Å². The highest BCUT2D eigenvalue weighted by Crippen LogP contribution is 2.48. The van der Waals surface area contributed by atoms with E-state index in [2.05, 4.69) is 17.5 Å². The molecule has 0 aromatic heterocycles. The van der Waals surface area contributed by atoms with Gasteiger partial charge < -0.3 is 10.4 Å². The number of carboxylic acid groups (broad SMARTS) is 1. The molecule has 108 valence electrons. The Balaban J connectivity index is 1.60. The van der Waals surface area contributed by atoms with Crippen molar-refractivity contribution in [3.8, 4) is 0 Å². The number of hydrogen-bond donors (Lipinski definition) is 2. The summed E-state index contributed by atoms with van der Waals surface area (Å²) in [5.74, 6) is -1.14. The van der Waals surface area contributed by atoms with Crippen LogP contribution >= 0.6 is 0 Å².